The van der Waals surface area contributed by atoms with Crippen molar-refractivity contribution >= 4 is 79.3 Å². The molecular formula is C29H24I2N2O5S. The second-order valence-corrected chi connectivity index (χ2v) is 12.1. The molecule has 2 heterocycles. The number of benzene rings is 3. The lowest BCUT2D eigenvalue weighted by molar-refractivity contribution is -0.139. The Hall–Kier alpha value is -2.71. The average Bonchev–Trinajstić information content (AvgIpc) is 3.21. The minimum Gasteiger partial charge on any atom is -0.496 e. The summed E-state index contributed by atoms with van der Waals surface area (Å²) < 4.78 is 20.7. The maximum absolute atomic E-state index is 14.1. The van der Waals surface area contributed by atoms with Crippen LogP contribution < -0.4 is 24.4 Å². The van der Waals surface area contributed by atoms with Crippen molar-refractivity contribution < 1.29 is 19.0 Å². The van der Waals surface area contributed by atoms with Gasteiger partial charge in [-0.05, 0) is 99.6 Å². The summed E-state index contributed by atoms with van der Waals surface area (Å²) in [6.07, 6.45) is 1.86. The van der Waals surface area contributed by atoms with E-state index in [1.54, 1.807) is 32.6 Å². The molecule has 0 amide bonds. The van der Waals surface area contributed by atoms with Gasteiger partial charge in [-0.1, -0.05) is 41.7 Å². The predicted octanol–water partition coefficient (Wildman–Crippen LogP) is 5.18. The van der Waals surface area contributed by atoms with E-state index in [0.717, 1.165) is 29.2 Å². The van der Waals surface area contributed by atoms with Crippen LogP contribution in [0.3, 0.4) is 0 Å². The van der Waals surface area contributed by atoms with Gasteiger partial charge in [0.2, 0.25) is 0 Å². The van der Waals surface area contributed by atoms with Gasteiger partial charge in [-0.3, -0.25) is 9.36 Å². The Morgan fingerprint density at radius 1 is 1.10 bits per heavy atom. The largest absolute Gasteiger partial charge is 0.496 e. The summed E-state index contributed by atoms with van der Waals surface area (Å²) in [6.45, 7) is 3.74. The highest BCUT2D eigenvalue weighted by Gasteiger charge is 2.36. The molecule has 0 saturated heterocycles. The topological polar surface area (TPSA) is 79.1 Å². The van der Waals surface area contributed by atoms with Gasteiger partial charge >= 0.3 is 5.97 Å². The minimum atomic E-state index is -0.778. The van der Waals surface area contributed by atoms with Gasteiger partial charge in [0.05, 0.1) is 43.8 Å². The van der Waals surface area contributed by atoms with Crippen molar-refractivity contribution in [1.29, 1.82) is 0 Å². The van der Waals surface area contributed by atoms with Crippen LogP contribution >= 0.6 is 56.5 Å². The summed E-state index contributed by atoms with van der Waals surface area (Å²) in [5, 5.41) is 1.85. The number of esters is 1. The number of hydrogen-bond acceptors (Lipinski definition) is 7. The van der Waals surface area contributed by atoms with E-state index in [4.69, 9.17) is 19.2 Å². The Kier molecular flexibility index (Phi) is 8.15. The predicted molar refractivity (Wildman–Crippen MR) is 169 cm³/mol. The SMILES string of the molecule is CCOC(=O)C1=C(C)N=c2s/c(=C\c3cc(I)c(OC)c(I)c3)c(=O)n2[C@H]1c1c(OC)ccc2ccccc12. The summed E-state index contributed by atoms with van der Waals surface area (Å²) in [5.74, 6) is 0.865. The average molecular weight is 766 g/mol. The van der Waals surface area contributed by atoms with E-state index >= 15 is 0 Å². The molecule has 0 saturated carbocycles. The van der Waals surface area contributed by atoms with Gasteiger partial charge < -0.3 is 14.2 Å². The second-order valence-electron chi connectivity index (χ2n) is 8.72. The van der Waals surface area contributed by atoms with Crippen molar-refractivity contribution in [3.05, 3.63) is 97.8 Å². The summed E-state index contributed by atoms with van der Waals surface area (Å²) in [7, 11) is 3.23. The van der Waals surface area contributed by atoms with Crippen molar-refractivity contribution in [3.8, 4) is 11.5 Å². The molecule has 5 rings (SSSR count). The van der Waals surface area contributed by atoms with E-state index in [1.165, 1.54) is 11.3 Å². The molecule has 0 unspecified atom stereocenters. The first-order chi connectivity index (χ1) is 18.8. The van der Waals surface area contributed by atoms with Gasteiger partial charge in [0, 0.05) is 5.56 Å². The van der Waals surface area contributed by atoms with Crippen LogP contribution in [0.1, 0.15) is 31.0 Å². The molecule has 0 aliphatic carbocycles. The zero-order chi connectivity index (χ0) is 27.8. The molecule has 0 radical (unpaired) electrons. The molecule has 0 N–H and O–H groups in total. The molecule has 200 valence electrons. The Morgan fingerprint density at radius 2 is 1.82 bits per heavy atom. The van der Waals surface area contributed by atoms with Crippen LogP contribution in [0, 0.1) is 7.14 Å². The first-order valence-electron chi connectivity index (χ1n) is 12.1. The van der Waals surface area contributed by atoms with Crippen molar-refractivity contribution in [2.24, 2.45) is 4.99 Å². The lowest BCUT2D eigenvalue weighted by Crippen LogP contribution is -2.40. The number of thiazole rings is 1. The van der Waals surface area contributed by atoms with Gasteiger partial charge in [-0.2, -0.15) is 0 Å². The fraction of sp³-hybridized carbons (Fsp3) is 0.207. The first kappa shape index (κ1) is 27.8. The van der Waals surface area contributed by atoms with Crippen LogP contribution in [-0.4, -0.2) is 31.4 Å². The number of halogens is 2. The van der Waals surface area contributed by atoms with E-state index in [0.29, 0.717) is 31.9 Å². The molecule has 39 heavy (non-hydrogen) atoms. The Labute approximate surface area is 256 Å². The minimum absolute atomic E-state index is 0.203. The fourth-order valence-corrected chi connectivity index (χ4v) is 8.11. The molecule has 7 nitrogen and oxygen atoms in total. The molecular weight excluding hydrogens is 742 g/mol. The number of carbonyl (C=O) groups excluding carboxylic acids is 1. The van der Waals surface area contributed by atoms with Crippen LogP contribution in [0.4, 0.5) is 0 Å². The zero-order valence-corrected chi connectivity index (χ0v) is 26.7. The molecule has 1 aromatic heterocycles. The second kappa shape index (κ2) is 11.4. The number of hydrogen-bond donors (Lipinski definition) is 0. The van der Waals surface area contributed by atoms with Crippen LogP contribution in [0.15, 0.2) is 69.6 Å². The molecule has 1 aliphatic heterocycles. The van der Waals surface area contributed by atoms with E-state index in [9.17, 15) is 9.59 Å². The number of methoxy groups -OCH3 is 2. The highest BCUT2D eigenvalue weighted by Crippen LogP contribution is 2.40. The van der Waals surface area contributed by atoms with Gasteiger partial charge in [0.15, 0.2) is 4.80 Å². The molecule has 3 aromatic carbocycles. The van der Waals surface area contributed by atoms with Crippen LogP contribution in [0.2, 0.25) is 0 Å². The molecule has 0 spiro atoms. The molecule has 4 aromatic rings. The van der Waals surface area contributed by atoms with E-state index in [1.807, 2.05) is 54.6 Å². The number of rotatable bonds is 6. The normalized spacial score (nSPS) is 15.2. The smallest absolute Gasteiger partial charge is 0.338 e. The number of aromatic nitrogens is 1. The zero-order valence-electron chi connectivity index (χ0n) is 21.6. The number of nitrogens with zero attached hydrogens (tertiary/aromatic N) is 2. The number of allylic oxidation sites excluding steroid dienone is 1. The number of carbonyl (C=O) groups is 1. The Morgan fingerprint density at radius 3 is 2.49 bits per heavy atom. The summed E-state index contributed by atoms with van der Waals surface area (Å²) in [6, 6.07) is 14.9. The first-order valence-corrected chi connectivity index (χ1v) is 15.0. The lowest BCUT2D eigenvalue weighted by atomic mass is 9.90. The van der Waals surface area contributed by atoms with Gasteiger partial charge in [-0.15, -0.1) is 0 Å². The number of fused-ring (bicyclic) bond motifs is 2. The van der Waals surface area contributed by atoms with Crippen molar-refractivity contribution in [2.45, 2.75) is 19.9 Å². The molecule has 0 bridgehead atoms. The van der Waals surface area contributed by atoms with Crippen molar-refractivity contribution in [1.82, 2.24) is 4.57 Å². The maximum atomic E-state index is 14.1. The van der Waals surface area contributed by atoms with Crippen molar-refractivity contribution in [3.63, 3.8) is 0 Å². The van der Waals surface area contributed by atoms with Gasteiger partial charge in [0.25, 0.3) is 5.56 Å². The molecule has 1 aliphatic rings. The maximum Gasteiger partial charge on any atom is 0.338 e. The Balaban J connectivity index is 1.83. The van der Waals surface area contributed by atoms with E-state index < -0.39 is 12.0 Å². The van der Waals surface area contributed by atoms with Crippen molar-refractivity contribution in [2.75, 3.05) is 20.8 Å². The summed E-state index contributed by atoms with van der Waals surface area (Å²) in [4.78, 5) is 32.7. The highest BCUT2D eigenvalue weighted by molar-refractivity contribution is 14.1. The lowest BCUT2D eigenvalue weighted by Gasteiger charge is -2.27. The third-order valence-corrected chi connectivity index (χ3v) is 9.05. The highest BCUT2D eigenvalue weighted by atomic mass is 127. The molecule has 1 atom stereocenters. The third-order valence-electron chi connectivity index (χ3n) is 6.46. The summed E-state index contributed by atoms with van der Waals surface area (Å²) >= 11 is 5.74. The number of ether oxygens (including phenoxy) is 3. The van der Waals surface area contributed by atoms with Crippen LogP contribution in [0.5, 0.6) is 11.5 Å². The molecule has 10 heteroatoms. The molecule has 0 fully saturated rings. The standard InChI is InChI=1S/C29H24I2N2O5S/c1-5-38-28(35)23-15(2)32-29-33(25(23)24-18-9-7-6-8-17(18)10-11-21(24)36-3)27(34)22(39-29)14-16-12-19(30)26(37-4)20(31)13-16/h6-14,25H,5H2,1-4H3/b22-14-/t25-/m1/s1. The van der Waals surface area contributed by atoms with Crippen LogP contribution in [0.25, 0.3) is 16.8 Å². The van der Waals surface area contributed by atoms with Crippen LogP contribution in [-0.2, 0) is 9.53 Å². The van der Waals surface area contributed by atoms with Gasteiger partial charge in [-0.25, -0.2) is 9.79 Å². The van der Waals surface area contributed by atoms with E-state index in [2.05, 4.69) is 45.2 Å². The third kappa shape index (κ3) is 5.02. The monoisotopic (exact) mass is 766 g/mol. The van der Waals surface area contributed by atoms with Gasteiger partial charge in [0.1, 0.15) is 17.5 Å². The fourth-order valence-electron chi connectivity index (χ4n) is 4.81. The van der Waals surface area contributed by atoms with E-state index in [-0.39, 0.29) is 12.2 Å². The summed E-state index contributed by atoms with van der Waals surface area (Å²) in [5.41, 5.74) is 2.17. The Bertz CT molecular complexity index is 1820. The quantitative estimate of drug-likeness (QED) is 0.200.